The quantitative estimate of drug-likeness (QED) is 0.876. The van der Waals surface area contributed by atoms with E-state index in [1.165, 1.54) is 6.07 Å². The number of hydrogen-bond donors (Lipinski definition) is 1. The zero-order valence-electron chi connectivity index (χ0n) is 11.6. The number of hydrogen-bond acceptors (Lipinski definition) is 1. The molecule has 2 aromatic rings. The van der Waals surface area contributed by atoms with Crippen LogP contribution in [-0.4, -0.2) is 7.05 Å². The van der Waals surface area contributed by atoms with Crippen LogP contribution in [0.2, 0.25) is 5.02 Å². The average molecular weight is 296 g/mol. The van der Waals surface area contributed by atoms with Crippen molar-refractivity contribution in [1.29, 1.82) is 0 Å². The Kier molecular flexibility index (Phi) is 4.41. The molecule has 0 spiro atoms. The van der Waals surface area contributed by atoms with Gasteiger partial charge in [0.1, 0.15) is 11.6 Å². The molecule has 0 aliphatic carbocycles. The van der Waals surface area contributed by atoms with Gasteiger partial charge in [-0.05, 0) is 55.8 Å². The number of halogens is 3. The largest absolute Gasteiger partial charge is 0.309 e. The topological polar surface area (TPSA) is 12.0 Å². The van der Waals surface area contributed by atoms with Crippen molar-refractivity contribution in [2.45, 2.75) is 19.9 Å². The number of rotatable bonds is 3. The van der Waals surface area contributed by atoms with Gasteiger partial charge in [0.25, 0.3) is 0 Å². The number of aryl methyl sites for hydroxylation is 2. The van der Waals surface area contributed by atoms with Crippen LogP contribution in [0, 0.1) is 25.5 Å². The molecule has 1 N–H and O–H groups in total. The summed E-state index contributed by atoms with van der Waals surface area (Å²) < 4.78 is 27.4. The minimum absolute atomic E-state index is 0.369. The number of benzene rings is 2. The van der Waals surface area contributed by atoms with Gasteiger partial charge in [0, 0.05) is 16.7 Å². The lowest BCUT2D eigenvalue weighted by Crippen LogP contribution is -2.19. The van der Waals surface area contributed by atoms with E-state index in [9.17, 15) is 8.78 Å². The Labute approximate surface area is 122 Å². The van der Waals surface area contributed by atoms with Gasteiger partial charge in [-0.3, -0.25) is 0 Å². The maximum Gasteiger partial charge on any atom is 0.131 e. The summed E-state index contributed by atoms with van der Waals surface area (Å²) in [4.78, 5) is 0. The summed E-state index contributed by atoms with van der Waals surface area (Å²) in [6.07, 6.45) is 0. The maximum absolute atomic E-state index is 14.0. The lowest BCUT2D eigenvalue weighted by molar-refractivity contribution is 0.547. The first-order valence-corrected chi connectivity index (χ1v) is 6.70. The van der Waals surface area contributed by atoms with E-state index >= 15 is 0 Å². The Hall–Kier alpha value is -1.45. The van der Waals surface area contributed by atoms with E-state index < -0.39 is 11.6 Å². The van der Waals surface area contributed by atoms with E-state index in [-0.39, 0.29) is 6.04 Å². The van der Waals surface area contributed by atoms with Gasteiger partial charge in [-0.25, -0.2) is 8.78 Å². The minimum Gasteiger partial charge on any atom is -0.309 e. The summed E-state index contributed by atoms with van der Waals surface area (Å²) in [6.45, 7) is 3.54. The summed E-state index contributed by atoms with van der Waals surface area (Å²) in [5, 5.41) is 3.65. The zero-order chi connectivity index (χ0) is 14.9. The molecule has 1 unspecified atom stereocenters. The van der Waals surface area contributed by atoms with Crippen LogP contribution >= 0.6 is 11.6 Å². The van der Waals surface area contributed by atoms with Crippen LogP contribution in [0.4, 0.5) is 8.78 Å². The molecule has 0 saturated heterocycles. The molecule has 106 valence electrons. The first-order chi connectivity index (χ1) is 9.42. The molecule has 20 heavy (non-hydrogen) atoms. The maximum atomic E-state index is 14.0. The van der Waals surface area contributed by atoms with Crippen molar-refractivity contribution in [1.82, 2.24) is 5.32 Å². The molecule has 0 heterocycles. The summed E-state index contributed by atoms with van der Waals surface area (Å²) in [5.41, 5.74) is 2.67. The van der Waals surface area contributed by atoms with Crippen molar-refractivity contribution in [3.63, 3.8) is 0 Å². The molecule has 0 fully saturated rings. The smallest absolute Gasteiger partial charge is 0.131 e. The Morgan fingerprint density at radius 1 is 1.00 bits per heavy atom. The Balaban J connectivity index is 2.55. The molecule has 0 radical (unpaired) electrons. The first kappa shape index (κ1) is 14.9. The molecule has 0 saturated carbocycles. The van der Waals surface area contributed by atoms with Crippen LogP contribution < -0.4 is 5.32 Å². The second-order valence-corrected chi connectivity index (χ2v) is 5.34. The molecule has 0 aliphatic rings. The second-order valence-electron chi connectivity index (χ2n) is 4.91. The highest BCUT2D eigenvalue weighted by atomic mass is 35.5. The van der Waals surface area contributed by atoms with Gasteiger partial charge in [0.2, 0.25) is 0 Å². The predicted octanol–water partition coefficient (Wildman–Crippen LogP) is 4.54. The Bertz CT molecular complexity index is 620. The highest BCUT2D eigenvalue weighted by Gasteiger charge is 2.18. The monoisotopic (exact) mass is 295 g/mol. The van der Waals surface area contributed by atoms with Crippen molar-refractivity contribution in [3.05, 3.63) is 69.2 Å². The van der Waals surface area contributed by atoms with Crippen molar-refractivity contribution < 1.29 is 8.78 Å². The van der Waals surface area contributed by atoms with E-state index in [2.05, 4.69) is 5.32 Å². The molecular formula is C16H16ClF2N. The van der Waals surface area contributed by atoms with Gasteiger partial charge in [0.05, 0.1) is 6.04 Å². The van der Waals surface area contributed by atoms with Crippen LogP contribution in [0.25, 0.3) is 0 Å². The number of nitrogens with one attached hydrogen (secondary N) is 1. The summed E-state index contributed by atoms with van der Waals surface area (Å²) in [7, 11) is 1.74. The van der Waals surface area contributed by atoms with Gasteiger partial charge in [0.15, 0.2) is 0 Å². The molecule has 1 atom stereocenters. The zero-order valence-corrected chi connectivity index (χ0v) is 12.4. The van der Waals surface area contributed by atoms with Crippen molar-refractivity contribution in [2.75, 3.05) is 7.05 Å². The molecule has 0 amide bonds. The highest BCUT2D eigenvalue weighted by Crippen LogP contribution is 2.28. The van der Waals surface area contributed by atoms with Gasteiger partial charge in [-0.2, -0.15) is 0 Å². The molecule has 1 nitrogen and oxygen atoms in total. The van der Waals surface area contributed by atoms with Gasteiger partial charge in [-0.1, -0.05) is 17.7 Å². The van der Waals surface area contributed by atoms with E-state index in [0.717, 1.165) is 17.2 Å². The minimum atomic E-state index is -0.565. The fraction of sp³-hybridized carbons (Fsp3) is 0.250. The normalized spacial score (nSPS) is 12.5. The van der Waals surface area contributed by atoms with E-state index in [1.807, 2.05) is 19.1 Å². The summed E-state index contributed by atoms with van der Waals surface area (Å²) in [6, 6.07) is 7.64. The highest BCUT2D eigenvalue weighted by molar-refractivity contribution is 6.30. The predicted molar refractivity (Wildman–Crippen MR) is 78.2 cm³/mol. The second kappa shape index (κ2) is 5.90. The van der Waals surface area contributed by atoms with Gasteiger partial charge < -0.3 is 5.32 Å². The van der Waals surface area contributed by atoms with Gasteiger partial charge in [-0.15, -0.1) is 0 Å². The Morgan fingerprint density at radius 3 is 2.30 bits per heavy atom. The fourth-order valence-corrected chi connectivity index (χ4v) is 2.63. The Morgan fingerprint density at radius 2 is 1.70 bits per heavy atom. The van der Waals surface area contributed by atoms with Crippen LogP contribution in [0.3, 0.4) is 0 Å². The molecule has 0 bridgehead atoms. The third kappa shape index (κ3) is 3.00. The molecule has 2 aromatic carbocycles. The van der Waals surface area contributed by atoms with E-state index in [1.54, 1.807) is 20.0 Å². The first-order valence-electron chi connectivity index (χ1n) is 6.32. The fourth-order valence-electron chi connectivity index (χ4n) is 2.33. The van der Waals surface area contributed by atoms with Crippen LogP contribution in [-0.2, 0) is 0 Å². The lowest BCUT2D eigenvalue weighted by Gasteiger charge is -2.19. The van der Waals surface area contributed by atoms with Crippen LogP contribution in [0.1, 0.15) is 28.3 Å². The standard InChI is InChI=1S/C16H16ClF2N/c1-9-4-11(7-12(17)5-9)16(20-3)13-6-10(2)14(18)8-15(13)19/h4-8,16,20H,1-3H3. The van der Waals surface area contributed by atoms with Crippen molar-refractivity contribution in [2.24, 2.45) is 0 Å². The summed E-state index contributed by atoms with van der Waals surface area (Å²) >= 11 is 6.05. The molecule has 2 rings (SSSR count). The van der Waals surface area contributed by atoms with Gasteiger partial charge >= 0.3 is 0 Å². The van der Waals surface area contributed by atoms with E-state index in [0.29, 0.717) is 16.1 Å². The molecule has 4 heteroatoms. The third-order valence-electron chi connectivity index (χ3n) is 3.28. The molecule has 0 aliphatic heterocycles. The molecular weight excluding hydrogens is 280 g/mol. The summed E-state index contributed by atoms with van der Waals surface area (Å²) in [5.74, 6) is -1.10. The van der Waals surface area contributed by atoms with E-state index in [4.69, 9.17) is 11.6 Å². The average Bonchev–Trinajstić information content (AvgIpc) is 2.35. The van der Waals surface area contributed by atoms with Crippen molar-refractivity contribution in [3.8, 4) is 0 Å². The SMILES string of the molecule is CNC(c1cc(C)cc(Cl)c1)c1cc(C)c(F)cc1F. The van der Waals surface area contributed by atoms with Crippen molar-refractivity contribution >= 4 is 11.6 Å². The molecule has 0 aromatic heterocycles. The lowest BCUT2D eigenvalue weighted by atomic mass is 9.95. The van der Waals surface area contributed by atoms with Crippen LogP contribution in [0.5, 0.6) is 0 Å². The van der Waals surface area contributed by atoms with Crippen LogP contribution in [0.15, 0.2) is 30.3 Å². The third-order valence-corrected chi connectivity index (χ3v) is 3.49.